The molecular formula is C11H17N5O. The van der Waals surface area contributed by atoms with Crippen molar-refractivity contribution in [2.45, 2.75) is 26.8 Å². The highest BCUT2D eigenvalue weighted by atomic mass is 16.3. The zero-order valence-corrected chi connectivity index (χ0v) is 10.3. The largest absolute Gasteiger partial charge is 0.394 e. The number of anilines is 1. The van der Waals surface area contributed by atoms with Gasteiger partial charge in [0.05, 0.1) is 12.6 Å². The first-order valence-electron chi connectivity index (χ1n) is 5.66. The maximum absolute atomic E-state index is 9.33. The van der Waals surface area contributed by atoms with Gasteiger partial charge in [0, 0.05) is 11.8 Å². The van der Waals surface area contributed by atoms with E-state index in [4.69, 9.17) is 0 Å². The summed E-state index contributed by atoms with van der Waals surface area (Å²) in [5.41, 5.74) is 0.869. The van der Waals surface area contributed by atoms with Crippen LogP contribution in [0, 0.1) is 12.8 Å². The van der Waals surface area contributed by atoms with Crippen LogP contribution in [0.2, 0.25) is 0 Å². The van der Waals surface area contributed by atoms with Crippen molar-refractivity contribution in [2.24, 2.45) is 5.92 Å². The summed E-state index contributed by atoms with van der Waals surface area (Å²) >= 11 is 0. The summed E-state index contributed by atoms with van der Waals surface area (Å²) in [6.07, 6.45) is 1.47. The predicted molar refractivity (Wildman–Crippen MR) is 64.9 cm³/mol. The first kappa shape index (κ1) is 11.8. The quantitative estimate of drug-likeness (QED) is 0.822. The first-order chi connectivity index (χ1) is 8.11. The molecule has 0 saturated heterocycles. The number of fused-ring (bicyclic) bond motifs is 1. The molecule has 0 aromatic carbocycles. The Morgan fingerprint density at radius 1 is 1.47 bits per heavy atom. The molecule has 0 fully saturated rings. The lowest BCUT2D eigenvalue weighted by atomic mass is 10.1. The summed E-state index contributed by atoms with van der Waals surface area (Å²) in [7, 11) is 0. The first-order valence-corrected chi connectivity index (χ1v) is 5.66. The van der Waals surface area contributed by atoms with Crippen molar-refractivity contribution >= 4 is 11.6 Å². The fourth-order valence-electron chi connectivity index (χ4n) is 1.65. The van der Waals surface area contributed by atoms with Crippen LogP contribution >= 0.6 is 0 Å². The lowest BCUT2D eigenvalue weighted by Crippen LogP contribution is -2.30. The topological polar surface area (TPSA) is 75.3 Å². The normalized spacial score (nSPS) is 13.2. The minimum Gasteiger partial charge on any atom is -0.394 e. The second kappa shape index (κ2) is 4.67. The Morgan fingerprint density at radius 2 is 2.24 bits per heavy atom. The van der Waals surface area contributed by atoms with Crippen LogP contribution in [0.5, 0.6) is 0 Å². The number of nitrogens with one attached hydrogen (secondary N) is 1. The Morgan fingerprint density at radius 3 is 2.88 bits per heavy atom. The van der Waals surface area contributed by atoms with Crippen molar-refractivity contribution in [1.82, 2.24) is 19.6 Å². The van der Waals surface area contributed by atoms with Crippen molar-refractivity contribution < 1.29 is 5.11 Å². The van der Waals surface area contributed by atoms with E-state index in [0.717, 1.165) is 11.5 Å². The van der Waals surface area contributed by atoms with Crippen molar-refractivity contribution in [3.8, 4) is 0 Å². The number of nitrogens with zero attached hydrogens (tertiary/aromatic N) is 4. The summed E-state index contributed by atoms with van der Waals surface area (Å²) < 4.78 is 1.64. The van der Waals surface area contributed by atoms with Crippen LogP contribution in [-0.2, 0) is 0 Å². The molecule has 2 aromatic rings. The van der Waals surface area contributed by atoms with E-state index in [1.165, 1.54) is 6.33 Å². The van der Waals surface area contributed by atoms with E-state index in [1.807, 2.05) is 13.0 Å². The number of aryl methyl sites for hydroxylation is 1. The fraction of sp³-hybridized carbons (Fsp3) is 0.545. The van der Waals surface area contributed by atoms with Crippen LogP contribution < -0.4 is 5.32 Å². The predicted octanol–water partition coefficient (Wildman–Crippen LogP) is 0.862. The minimum absolute atomic E-state index is 0.0100. The molecule has 0 amide bonds. The molecule has 1 unspecified atom stereocenters. The monoisotopic (exact) mass is 235 g/mol. The third-order valence-corrected chi connectivity index (χ3v) is 2.71. The van der Waals surface area contributed by atoms with Gasteiger partial charge in [-0.2, -0.15) is 14.6 Å². The lowest BCUT2D eigenvalue weighted by molar-refractivity contribution is 0.249. The smallest absolute Gasteiger partial charge is 0.254 e. The highest BCUT2D eigenvalue weighted by Gasteiger charge is 2.14. The molecule has 2 N–H and O–H groups in total. The van der Waals surface area contributed by atoms with Crippen LogP contribution in [0.4, 0.5) is 5.82 Å². The van der Waals surface area contributed by atoms with E-state index in [0.29, 0.717) is 11.7 Å². The molecular weight excluding hydrogens is 218 g/mol. The van der Waals surface area contributed by atoms with E-state index in [-0.39, 0.29) is 12.6 Å². The van der Waals surface area contributed by atoms with E-state index in [2.05, 4.69) is 34.2 Å². The molecule has 0 spiro atoms. The summed E-state index contributed by atoms with van der Waals surface area (Å²) in [4.78, 5) is 8.32. The van der Waals surface area contributed by atoms with Gasteiger partial charge in [0.2, 0.25) is 0 Å². The van der Waals surface area contributed by atoms with Gasteiger partial charge < -0.3 is 10.4 Å². The van der Waals surface area contributed by atoms with Crippen LogP contribution in [0.25, 0.3) is 5.78 Å². The zero-order chi connectivity index (χ0) is 12.4. The molecule has 0 aliphatic carbocycles. The van der Waals surface area contributed by atoms with E-state index in [9.17, 15) is 5.11 Å². The molecule has 0 aliphatic rings. The van der Waals surface area contributed by atoms with E-state index in [1.54, 1.807) is 4.52 Å². The van der Waals surface area contributed by atoms with Crippen molar-refractivity contribution in [2.75, 3.05) is 11.9 Å². The molecule has 2 aromatic heterocycles. The van der Waals surface area contributed by atoms with E-state index < -0.39 is 0 Å². The summed E-state index contributed by atoms with van der Waals surface area (Å²) in [5, 5.41) is 16.7. The van der Waals surface area contributed by atoms with Gasteiger partial charge in [-0.05, 0) is 12.8 Å². The maximum Gasteiger partial charge on any atom is 0.254 e. The van der Waals surface area contributed by atoms with Gasteiger partial charge in [-0.25, -0.2) is 4.98 Å². The standard InChI is InChI=1S/C11H17N5O/c1-7(2)9(5-17)15-10-4-8(3)14-11-12-6-13-16(10)11/h4,6-7,9,15,17H,5H2,1-3H3. The van der Waals surface area contributed by atoms with Gasteiger partial charge >= 0.3 is 0 Å². The van der Waals surface area contributed by atoms with Crippen LogP contribution in [0.3, 0.4) is 0 Å². The van der Waals surface area contributed by atoms with Crippen LogP contribution in [0.15, 0.2) is 12.4 Å². The van der Waals surface area contributed by atoms with E-state index >= 15 is 0 Å². The minimum atomic E-state index is -0.0100. The Balaban J connectivity index is 2.37. The maximum atomic E-state index is 9.33. The third kappa shape index (κ3) is 2.36. The molecule has 92 valence electrons. The Labute approximate surface area is 99.7 Å². The number of rotatable bonds is 4. The van der Waals surface area contributed by atoms with Crippen molar-refractivity contribution in [1.29, 1.82) is 0 Å². The molecule has 0 radical (unpaired) electrons. The molecule has 0 saturated carbocycles. The number of hydrogen-bond donors (Lipinski definition) is 2. The number of aliphatic hydroxyl groups is 1. The average Bonchev–Trinajstić information content (AvgIpc) is 2.72. The molecule has 1 atom stereocenters. The molecule has 2 rings (SSSR count). The second-order valence-corrected chi connectivity index (χ2v) is 4.43. The summed E-state index contributed by atoms with van der Waals surface area (Å²) in [6.45, 7) is 6.10. The SMILES string of the molecule is Cc1cc(NC(CO)C(C)C)n2ncnc2n1. The van der Waals surface area contributed by atoms with Crippen molar-refractivity contribution in [3.05, 3.63) is 18.1 Å². The number of aliphatic hydroxyl groups excluding tert-OH is 1. The van der Waals surface area contributed by atoms with Crippen molar-refractivity contribution in [3.63, 3.8) is 0 Å². The zero-order valence-electron chi connectivity index (χ0n) is 10.3. The highest BCUT2D eigenvalue weighted by molar-refractivity contribution is 5.45. The Kier molecular flexibility index (Phi) is 3.23. The van der Waals surface area contributed by atoms with Gasteiger partial charge in [0.25, 0.3) is 5.78 Å². The third-order valence-electron chi connectivity index (χ3n) is 2.71. The molecule has 0 aliphatic heterocycles. The Hall–Kier alpha value is -1.69. The fourth-order valence-corrected chi connectivity index (χ4v) is 1.65. The second-order valence-electron chi connectivity index (χ2n) is 4.43. The van der Waals surface area contributed by atoms with Gasteiger partial charge in [0.15, 0.2) is 0 Å². The van der Waals surface area contributed by atoms with Crippen LogP contribution in [0.1, 0.15) is 19.5 Å². The molecule has 0 bridgehead atoms. The number of aromatic nitrogens is 4. The molecule has 6 nitrogen and oxygen atoms in total. The van der Waals surface area contributed by atoms with Crippen LogP contribution in [-0.4, -0.2) is 37.3 Å². The van der Waals surface area contributed by atoms with Gasteiger partial charge in [-0.1, -0.05) is 13.8 Å². The summed E-state index contributed by atoms with van der Waals surface area (Å²) in [6, 6.07) is 1.89. The highest BCUT2D eigenvalue weighted by Crippen LogP contribution is 2.14. The van der Waals surface area contributed by atoms with Gasteiger partial charge in [-0.3, -0.25) is 0 Å². The molecule has 6 heteroatoms. The Bertz CT molecular complexity index is 508. The lowest BCUT2D eigenvalue weighted by Gasteiger charge is -2.21. The van der Waals surface area contributed by atoms with Gasteiger partial charge in [-0.15, -0.1) is 0 Å². The molecule has 17 heavy (non-hydrogen) atoms. The van der Waals surface area contributed by atoms with Gasteiger partial charge in [0.1, 0.15) is 12.1 Å². The summed E-state index contributed by atoms with van der Waals surface area (Å²) in [5.74, 6) is 1.69. The number of hydrogen-bond acceptors (Lipinski definition) is 5. The average molecular weight is 235 g/mol. The molecule has 2 heterocycles.